The number of rotatable bonds is 6. The number of hydrogen-bond donors (Lipinski definition) is 1. The summed E-state index contributed by atoms with van der Waals surface area (Å²) in [6, 6.07) is 6.80. The van der Waals surface area contributed by atoms with Crippen LogP contribution in [0.3, 0.4) is 0 Å². The van der Waals surface area contributed by atoms with E-state index >= 15 is 0 Å². The predicted octanol–water partition coefficient (Wildman–Crippen LogP) is 1.98. The van der Waals surface area contributed by atoms with Crippen molar-refractivity contribution >= 4 is 11.9 Å². The first kappa shape index (κ1) is 15.7. The molecule has 1 aromatic heterocycles. The Hall–Kier alpha value is -2.70. The molecule has 1 N–H and O–H groups in total. The minimum absolute atomic E-state index is 0.244. The van der Waals surface area contributed by atoms with E-state index in [0.717, 1.165) is 0 Å². The molecule has 2 rings (SSSR count). The molecular formula is C15H17N3O4. The van der Waals surface area contributed by atoms with Gasteiger partial charge in [0.1, 0.15) is 6.54 Å². The summed E-state index contributed by atoms with van der Waals surface area (Å²) < 4.78 is 5.11. The van der Waals surface area contributed by atoms with Gasteiger partial charge in [0.05, 0.1) is 11.1 Å². The van der Waals surface area contributed by atoms with Gasteiger partial charge in [-0.15, -0.1) is 0 Å². The van der Waals surface area contributed by atoms with Gasteiger partial charge in [0.15, 0.2) is 5.82 Å². The van der Waals surface area contributed by atoms with Crippen LogP contribution in [0.1, 0.15) is 29.5 Å². The van der Waals surface area contributed by atoms with E-state index in [2.05, 4.69) is 10.1 Å². The lowest BCUT2D eigenvalue weighted by atomic mass is 10.1. The number of carbonyl (C=O) groups excluding carboxylic acids is 1. The first-order valence-electron chi connectivity index (χ1n) is 6.93. The van der Waals surface area contributed by atoms with E-state index in [1.165, 1.54) is 4.90 Å². The SMILES string of the molecule is CCCN(CC(=O)O)C(=O)c1ccccc1-c1nc(C)no1. The molecule has 0 bridgehead atoms. The van der Waals surface area contributed by atoms with Crippen molar-refractivity contribution in [2.75, 3.05) is 13.1 Å². The Morgan fingerprint density at radius 2 is 2.05 bits per heavy atom. The molecule has 0 radical (unpaired) electrons. The third kappa shape index (κ3) is 3.49. The molecule has 0 saturated carbocycles. The van der Waals surface area contributed by atoms with Crippen molar-refractivity contribution in [3.63, 3.8) is 0 Å². The molecule has 116 valence electrons. The number of aryl methyl sites for hydroxylation is 1. The molecule has 1 heterocycles. The number of carbonyl (C=O) groups is 2. The monoisotopic (exact) mass is 303 g/mol. The van der Waals surface area contributed by atoms with Crippen LogP contribution in [0, 0.1) is 6.92 Å². The number of nitrogens with zero attached hydrogens (tertiary/aromatic N) is 3. The number of aromatic nitrogens is 2. The number of carboxylic acids is 1. The summed E-state index contributed by atoms with van der Waals surface area (Å²) in [4.78, 5) is 29.0. The van der Waals surface area contributed by atoms with Crippen molar-refractivity contribution in [1.82, 2.24) is 15.0 Å². The van der Waals surface area contributed by atoms with Crippen molar-refractivity contribution in [2.45, 2.75) is 20.3 Å². The highest BCUT2D eigenvalue weighted by molar-refractivity contribution is 6.01. The largest absolute Gasteiger partial charge is 0.480 e. The van der Waals surface area contributed by atoms with Gasteiger partial charge in [-0.05, 0) is 25.5 Å². The van der Waals surface area contributed by atoms with Gasteiger partial charge in [0.2, 0.25) is 0 Å². The summed E-state index contributed by atoms with van der Waals surface area (Å²) >= 11 is 0. The standard InChI is InChI=1S/C15H17N3O4/c1-3-8-18(9-13(19)20)15(21)12-7-5-4-6-11(12)14-16-10(2)17-22-14/h4-7H,3,8-9H2,1-2H3,(H,19,20). The predicted molar refractivity (Wildman–Crippen MR) is 78.3 cm³/mol. The Morgan fingerprint density at radius 3 is 2.64 bits per heavy atom. The molecule has 0 spiro atoms. The highest BCUT2D eigenvalue weighted by Gasteiger charge is 2.22. The molecule has 1 aromatic carbocycles. The maximum absolute atomic E-state index is 12.6. The lowest BCUT2D eigenvalue weighted by Gasteiger charge is -2.20. The maximum atomic E-state index is 12.6. The highest BCUT2D eigenvalue weighted by atomic mass is 16.5. The zero-order valence-corrected chi connectivity index (χ0v) is 12.4. The fraction of sp³-hybridized carbons (Fsp3) is 0.333. The minimum Gasteiger partial charge on any atom is -0.480 e. The van der Waals surface area contributed by atoms with E-state index < -0.39 is 5.97 Å². The summed E-state index contributed by atoms with van der Waals surface area (Å²) in [7, 11) is 0. The molecule has 0 fully saturated rings. The lowest BCUT2D eigenvalue weighted by Crippen LogP contribution is -2.36. The van der Waals surface area contributed by atoms with Crippen molar-refractivity contribution in [3.8, 4) is 11.5 Å². The van der Waals surface area contributed by atoms with Gasteiger partial charge in [0, 0.05) is 6.54 Å². The Labute approximate surface area is 127 Å². The van der Waals surface area contributed by atoms with Gasteiger partial charge < -0.3 is 14.5 Å². The van der Waals surface area contributed by atoms with Crippen LogP contribution in [0.5, 0.6) is 0 Å². The Bertz CT molecular complexity index is 681. The molecular weight excluding hydrogens is 286 g/mol. The lowest BCUT2D eigenvalue weighted by molar-refractivity contribution is -0.137. The normalized spacial score (nSPS) is 10.5. The van der Waals surface area contributed by atoms with Crippen molar-refractivity contribution in [1.29, 1.82) is 0 Å². The quantitative estimate of drug-likeness (QED) is 0.876. The fourth-order valence-corrected chi connectivity index (χ4v) is 2.12. The Balaban J connectivity index is 2.38. The van der Waals surface area contributed by atoms with E-state index in [-0.39, 0.29) is 18.3 Å². The van der Waals surface area contributed by atoms with Gasteiger partial charge in [-0.2, -0.15) is 4.98 Å². The summed E-state index contributed by atoms with van der Waals surface area (Å²) in [5, 5.41) is 12.7. The van der Waals surface area contributed by atoms with Crippen LogP contribution in [0.2, 0.25) is 0 Å². The average molecular weight is 303 g/mol. The van der Waals surface area contributed by atoms with Crippen molar-refractivity contribution in [3.05, 3.63) is 35.7 Å². The zero-order chi connectivity index (χ0) is 16.1. The molecule has 7 heteroatoms. The van der Waals surface area contributed by atoms with Crippen LogP contribution in [0.25, 0.3) is 11.5 Å². The second-order valence-corrected chi connectivity index (χ2v) is 4.81. The first-order valence-corrected chi connectivity index (χ1v) is 6.93. The summed E-state index contributed by atoms with van der Waals surface area (Å²) in [5.74, 6) is -0.704. The number of hydrogen-bond acceptors (Lipinski definition) is 5. The van der Waals surface area contributed by atoms with Crippen molar-refractivity contribution in [2.24, 2.45) is 0 Å². The first-order chi connectivity index (χ1) is 10.5. The molecule has 22 heavy (non-hydrogen) atoms. The molecule has 0 unspecified atom stereocenters. The van der Waals surface area contributed by atoms with Gasteiger partial charge in [-0.3, -0.25) is 9.59 Å². The van der Waals surface area contributed by atoms with E-state index in [1.807, 2.05) is 6.92 Å². The van der Waals surface area contributed by atoms with Crippen LogP contribution in [0.15, 0.2) is 28.8 Å². The molecule has 0 aliphatic rings. The third-order valence-corrected chi connectivity index (χ3v) is 3.02. The highest BCUT2D eigenvalue weighted by Crippen LogP contribution is 2.23. The van der Waals surface area contributed by atoms with E-state index in [0.29, 0.717) is 29.9 Å². The Kier molecular flexibility index (Phi) is 4.88. The second kappa shape index (κ2) is 6.84. The zero-order valence-electron chi connectivity index (χ0n) is 12.4. The van der Waals surface area contributed by atoms with Crippen LogP contribution >= 0.6 is 0 Å². The van der Waals surface area contributed by atoms with Gasteiger partial charge in [-0.25, -0.2) is 0 Å². The summed E-state index contributed by atoms with van der Waals surface area (Å²) in [5.41, 5.74) is 0.848. The number of aliphatic carboxylic acids is 1. The molecule has 0 atom stereocenters. The van der Waals surface area contributed by atoms with Crippen LogP contribution < -0.4 is 0 Å². The van der Waals surface area contributed by atoms with Gasteiger partial charge in [-0.1, -0.05) is 24.2 Å². The molecule has 1 amide bonds. The van der Waals surface area contributed by atoms with Crippen molar-refractivity contribution < 1.29 is 19.2 Å². The van der Waals surface area contributed by atoms with Crippen LogP contribution in [-0.2, 0) is 4.79 Å². The second-order valence-electron chi connectivity index (χ2n) is 4.81. The molecule has 0 saturated heterocycles. The molecule has 0 aliphatic heterocycles. The third-order valence-electron chi connectivity index (χ3n) is 3.02. The maximum Gasteiger partial charge on any atom is 0.323 e. The topological polar surface area (TPSA) is 96.5 Å². The smallest absolute Gasteiger partial charge is 0.323 e. The Morgan fingerprint density at radius 1 is 1.32 bits per heavy atom. The van der Waals surface area contributed by atoms with Gasteiger partial charge in [0.25, 0.3) is 11.8 Å². The molecule has 2 aromatic rings. The summed E-state index contributed by atoms with van der Waals surface area (Å²) in [6.07, 6.45) is 0.668. The van der Waals surface area contributed by atoms with E-state index in [9.17, 15) is 9.59 Å². The minimum atomic E-state index is -1.05. The molecule has 7 nitrogen and oxygen atoms in total. The fourth-order valence-electron chi connectivity index (χ4n) is 2.12. The van der Waals surface area contributed by atoms with Crippen LogP contribution in [-0.4, -0.2) is 45.1 Å². The molecule has 0 aliphatic carbocycles. The van der Waals surface area contributed by atoms with Gasteiger partial charge >= 0.3 is 5.97 Å². The number of carboxylic acid groups (broad SMARTS) is 1. The average Bonchev–Trinajstić information content (AvgIpc) is 2.92. The summed E-state index contributed by atoms with van der Waals surface area (Å²) in [6.45, 7) is 3.59. The number of amides is 1. The van der Waals surface area contributed by atoms with E-state index in [1.54, 1.807) is 31.2 Å². The van der Waals surface area contributed by atoms with E-state index in [4.69, 9.17) is 9.63 Å². The van der Waals surface area contributed by atoms with Crippen LogP contribution in [0.4, 0.5) is 0 Å². The number of benzene rings is 1.